The lowest BCUT2D eigenvalue weighted by atomic mass is 9.82. The fraction of sp³-hybridized carbons (Fsp3) is 0.474. The second-order valence-corrected chi connectivity index (χ2v) is 9.54. The number of primary amides is 1. The fourth-order valence-corrected chi connectivity index (χ4v) is 5.56. The van der Waals surface area contributed by atoms with Crippen molar-refractivity contribution in [1.29, 1.82) is 0 Å². The molecule has 0 spiro atoms. The summed E-state index contributed by atoms with van der Waals surface area (Å²) in [5.74, 6) is -0.525. The van der Waals surface area contributed by atoms with Gasteiger partial charge in [-0.25, -0.2) is 4.39 Å². The number of nitrogens with two attached hydrogens (primary N) is 1. The van der Waals surface area contributed by atoms with Gasteiger partial charge in [-0.1, -0.05) is 5.16 Å². The Kier molecular flexibility index (Phi) is 5.62. The van der Waals surface area contributed by atoms with Crippen molar-refractivity contribution in [2.75, 3.05) is 39.4 Å². The zero-order valence-corrected chi connectivity index (χ0v) is 17.1. The number of carbonyl (C=O) groups is 1. The van der Waals surface area contributed by atoms with Crippen LogP contribution in [-0.2, 0) is 26.2 Å². The van der Waals surface area contributed by atoms with E-state index in [1.807, 2.05) is 0 Å². The highest BCUT2D eigenvalue weighted by Crippen LogP contribution is 2.37. The van der Waals surface area contributed by atoms with Crippen molar-refractivity contribution in [2.45, 2.75) is 12.8 Å². The predicted octanol–water partition coefficient (Wildman–Crippen LogP) is 0.778. The summed E-state index contributed by atoms with van der Waals surface area (Å²) in [5.41, 5.74) is 5.79. The van der Waals surface area contributed by atoms with Crippen LogP contribution in [0.3, 0.4) is 0 Å². The molecule has 2 fully saturated rings. The van der Waals surface area contributed by atoms with Crippen LogP contribution >= 0.6 is 0 Å². The van der Waals surface area contributed by atoms with Crippen molar-refractivity contribution in [3.63, 3.8) is 0 Å². The molecule has 11 heteroatoms. The molecule has 2 aliphatic heterocycles. The van der Waals surface area contributed by atoms with E-state index in [-0.39, 0.29) is 38.4 Å². The molecule has 1 aromatic carbocycles. The first-order chi connectivity index (χ1) is 14.3. The molecule has 1 aromatic heterocycles. The van der Waals surface area contributed by atoms with Crippen molar-refractivity contribution in [3.05, 3.63) is 41.9 Å². The van der Waals surface area contributed by atoms with E-state index in [0.29, 0.717) is 36.7 Å². The number of ether oxygens (including phenoxy) is 1. The fourth-order valence-electron chi connectivity index (χ4n) is 3.89. The summed E-state index contributed by atoms with van der Waals surface area (Å²) in [6, 6.07) is 7.46. The van der Waals surface area contributed by atoms with Gasteiger partial charge in [-0.3, -0.25) is 4.79 Å². The topological polar surface area (TPSA) is 119 Å². The van der Waals surface area contributed by atoms with Gasteiger partial charge in [0.1, 0.15) is 17.3 Å². The molecule has 0 saturated carbocycles. The summed E-state index contributed by atoms with van der Waals surface area (Å²) >= 11 is 0. The van der Waals surface area contributed by atoms with Crippen LogP contribution in [0, 0.1) is 11.2 Å². The highest BCUT2D eigenvalue weighted by molar-refractivity contribution is 7.86. The van der Waals surface area contributed by atoms with Gasteiger partial charge in [0.05, 0.1) is 18.6 Å². The third-order valence-corrected chi connectivity index (χ3v) is 7.66. The Morgan fingerprint density at radius 2 is 1.87 bits per heavy atom. The Balaban J connectivity index is 1.52. The maximum absolute atomic E-state index is 13.1. The lowest BCUT2D eigenvalue weighted by Gasteiger charge is -2.31. The average Bonchev–Trinajstić information content (AvgIpc) is 3.38. The highest BCUT2D eigenvalue weighted by atomic mass is 32.2. The Hall–Kier alpha value is -2.34. The zero-order chi connectivity index (χ0) is 21.4. The summed E-state index contributed by atoms with van der Waals surface area (Å²) in [6.07, 6.45) is 0.421. The van der Waals surface area contributed by atoms with Gasteiger partial charge in [0.2, 0.25) is 5.91 Å². The van der Waals surface area contributed by atoms with Gasteiger partial charge in [0, 0.05) is 44.2 Å². The van der Waals surface area contributed by atoms with Gasteiger partial charge in [0.15, 0.2) is 0 Å². The van der Waals surface area contributed by atoms with Crippen molar-refractivity contribution in [3.8, 4) is 11.3 Å². The number of hydrogen-bond acceptors (Lipinski definition) is 6. The third kappa shape index (κ3) is 3.97. The van der Waals surface area contributed by atoms with Crippen molar-refractivity contribution >= 4 is 16.1 Å². The van der Waals surface area contributed by atoms with Gasteiger partial charge in [0.25, 0.3) is 10.2 Å². The van der Waals surface area contributed by atoms with Crippen molar-refractivity contribution in [2.24, 2.45) is 11.1 Å². The number of amides is 1. The molecular weight excluding hydrogens is 415 g/mol. The first kappa shape index (κ1) is 20.9. The predicted molar refractivity (Wildman–Crippen MR) is 105 cm³/mol. The number of morpholine rings is 1. The van der Waals surface area contributed by atoms with Gasteiger partial charge < -0.3 is 15.0 Å². The molecule has 2 aromatic rings. The maximum Gasteiger partial charge on any atom is 0.282 e. The van der Waals surface area contributed by atoms with Gasteiger partial charge in [-0.05, 0) is 30.7 Å². The number of rotatable bonds is 6. The van der Waals surface area contributed by atoms with Gasteiger partial charge >= 0.3 is 0 Å². The molecule has 3 heterocycles. The molecule has 2 aliphatic rings. The molecule has 9 nitrogen and oxygen atoms in total. The van der Waals surface area contributed by atoms with Gasteiger partial charge in [-0.2, -0.15) is 17.0 Å². The molecule has 1 amide bonds. The largest absolute Gasteiger partial charge is 0.379 e. The Morgan fingerprint density at radius 1 is 1.17 bits per heavy atom. The van der Waals surface area contributed by atoms with Crippen LogP contribution in [-0.4, -0.2) is 67.5 Å². The van der Waals surface area contributed by atoms with E-state index in [9.17, 15) is 17.6 Å². The Morgan fingerprint density at radius 3 is 2.53 bits per heavy atom. The average molecular weight is 438 g/mol. The molecule has 2 N–H and O–H groups in total. The third-order valence-electron chi connectivity index (χ3n) is 5.68. The lowest BCUT2D eigenvalue weighted by Crippen LogP contribution is -2.49. The number of carbonyl (C=O) groups excluding carboxylic acids is 1. The number of hydrogen-bond donors (Lipinski definition) is 1. The summed E-state index contributed by atoms with van der Waals surface area (Å²) in [5, 5.41) is 3.99. The lowest BCUT2D eigenvalue weighted by molar-refractivity contribution is -0.127. The summed E-state index contributed by atoms with van der Waals surface area (Å²) in [6.45, 7) is 1.43. The van der Waals surface area contributed by atoms with E-state index in [4.69, 9.17) is 15.0 Å². The molecular formula is C19H23FN4O5S. The molecule has 0 aliphatic carbocycles. The summed E-state index contributed by atoms with van der Waals surface area (Å²) < 4.78 is 52.3. The second kappa shape index (κ2) is 8.06. The van der Waals surface area contributed by atoms with Crippen LogP contribution in [0.2, 0.25) is 0 Å². The van der Waals surface area contributed by atoms with E-state index in [0.717, 1.165) is 0 Å². The molecule has 0 bridgehead atoms. The number of halogens is 1. The first-order valence-corrected chi connectivity index (χ1v) is 11.0. The van der Waals surface area contributed by atoms with E-state index in [1.54, 1.807) is 18.2 Å². The van der Waals surface area contributed by atoms with Crippen LogP contribution in [0.15, 0.2) is 34.9 Å². The first-order valence-electron chi connectivity index (χ1n) is 9.65. The quantitative estimate of drug-likeness (QED) is 0.712. The maximum atomic E-state index is 13.1. The van der Waals surface area contributed by atoms with Crippen LogP contribution < -0.4 is 5.73 Å². The van der Waals surface area contributed by atoms with E-state index >= 15 is 0 Å². The highest BCUT2D eigenvalue weighted by Gasteiger charge is 2.49. The normalized spacial score (nSPS) is 23.6. The molecule has 30 heavy (non-hydrogen) atoms. The van der Waals surface area contributed by atoms with Gasteiger partial charge in [-0.15, -0.1) is 0 Å². The molecule has 0 unspecified atom stereocenters. The number of nitrogens with zero attached hydrogens (tertiary/aromatic N) is 3. The minimum Gasteiger partial charge on any atom is -0.379 e. The van der Waals surface area contributed by atoms with Crippen molar-refractivity contribution < 1.29 is 26.9 Å². The minimum absolute atomic E-state index is 0.0192. The molecule has 162 valence electrons. The van der Waals surface area contributed by atoms with Crippen LogP contribution in [0.25, 0.3) is 11.3 Å². The molecule has 0 radical (unpaired) electrons. The SMILES string of the molecule is NC(=O)[C@]1(Cc2cc(-c3ccc(F)cc3)no2)CCN(S(=O)(=O)N2CCOCC2)C1. The van der Waals surface area contributed by atoms with Crippen LogP contribution in [0.1, 0.15) is 12.2 Å². The zero-order valence-electron chi connectivity index (χ0n) is 16.3. The Bertz CT molecular complexity index is 1020. The number of aromatic nitrogens is 1. The van der Waals surface area contributed by atoms with Crippen LogP contribution in [0.5, 0.6) is 0 Å². The standard InChI is InChI=1S/C19H23FN4O5S/c20-15-3-1-14(2-4-15)17-11-16(29-22-17)12-19(18(21)25)5-6-24(13-19)30(26,27)23-7-9-28-10-8-23/h1-4,11H,5-10,12-13H2,(H2,21,25)/t19-/m0/s1. The minimum atomic E-state index is -3.70. The Labute approximate surface area is 173 Å². The van der Waals surface area contributed by atoms with Crippen LogP contribution in [0.4, 0.5) is 4.39 Å². The number of benzene rings is 1. The van der Waals surface area contributed by atoms with E-state index < -0.39 is 21.5 Å². The smallest absolute Gasteiger partial charge is 0.282 e. The monoisotopic (exact) mass is 438 g/mol. The molecule has 2 saturated heterocycles. The molecule has 1 atom stereocenters. The second-order valence-electron chi connectivity index (χ2n) is 7.61. The van der Waals surface area contributed by atoms with Crippen molar-refractivity contribution in [1.82, 2.24) is 13.8 Å². The molecule has 4 rings (SSSR count). The van der Waals surface area contributed by atoms with E-state index in [1.165, 1.54) is 20.7 Å². The summed E-state index contributed by atoms with van der Waals surface area (Å²) in [4.78, 5) is 12.4. The van der Waals surface area contributed by atoms with E-state index in [2.05, 4.69) is 5.16 Å². The summed E-state index contributed by atoms with van der Waals surface area (Å²) in [7, 11) is -3.70.